The summed E-state index contributed by atoms with van der Waals surface area (Å²) in [5, 5.41) is 3.41. The van der Waals surface area contributed by atoms with Crippen molar-refractivity contribution in [2.45, 2.75) is 20.0 Å². The topological polar surface area (TPSA) is 80.3 Å². The summed E-state index contributed by atoms with van der Waals surface area (Å²) in [5.74, 6) is 3.61. The zero-order valence-corrected chi connectivity index (χ0v) is 24.2. The van der Waals surface area contributed by atoms with E-state index in [0.717, 1.165) is 16.7 Å². The average molecular weight is 616 g/mol. The molecule has 1 aliphatic heterocycles. The molecule has 1 aliphatic rings. The van der Waals surface area contributed by atoms with Gasteiger partial charge in [-0.1, -0.05) is 29.7 Å². The first-order valence-electron chi connectivity index (χ1n) is 12.9. The van der Waals surface area contributed by atoms with E-state index in [-0.39, 0.29) is 40.5 Å². The van der Waals surface area contributed by atoms with Crippen LogP contribution in [0.25, 0.3) is 11.2 Å². The molecule has 0 atom stereocenters. The largest absolute Gasteiger partial charge is 0.345 e. The van der Waals surface area contributed by atoms with Gasteiger partial charge in [-0.25, -0.2) is 18.0 Å². The molecule has 3 heterocycles. The molecule has 1 fully saturated rings. The summed E-state index contributed by atoms with van der Waals surface area (Å²) in [4.78, 5) is 35.4. The van der Waals surface area contributed by atoms with Crippen LogP contribution in [0.1, 0.15) is 12.5 Å². The highest BCUT2D eigenvalue weighted by Gasteiger charge is 2.27. The smallest absolute Gasteiger partial charge is 0.332 e. The summed E-state index contributed by atoms with van der Waals surface area (Å²) in [6.07, 6.45) is 0. The van der Waals surface area contributed by atoms with Gasteiger partial charge < -0.3 is 15.1 Å². The summed E-state index contributed by atoms with van der Waals surface area (Å²) >= 11 is 11.6. The van der Waals surface area contributed by atoms with Crippen LogP contribution >= 0.6 is 23.8 Å². The third-order valence-electron chi connectivity index (χ3n) is 7.00. The minimum atomic E-state index is -1.07. The predicted molar refractivity (Wildman–Crippen MR) is 160 cm³/mol. The van der Waals surface area contributed by atoms with E-state index in [4.69, 9.17) is 23.8 Å². The maximum Gasteiger partial charge on any atom is 0.332 e. The Morgan fingerprint density at radius 1 is 1.05 bits per heavy atom. The summed E-state index contributed by atoms with van der Waals surface area (Å²) in [5.41, 5.74) is -0.584. The maximum atomic E-state index is 14.2. The number of para-hydroxylation sites is 1. The molecule has 0 unspecified atom stereocenters. The van der Waals surface area contributed by atoms with Crippen LogP contribution in [0.15, 0.2) is 46.0 Å². The molecule has 5 rings (SSSR count). The highest BCUT2D eigenvalue weighted by atomic mass is 35.5. The first kappa shape index (κ1) is 29.2. The lowest BCUT2D eigenvalue weighted by atomic mass is 10.2. The molecular formula is C28H25ClF3N7O2S. The van der Waals surface area contributed by atoms with Crippen molar-refractivity contribution < 1.29 is 13.2 Å². The monoisotopic (exact) mass is 615 g/mol. The van der Waals surface area contributed by atoms with Gasteiger partial charge in [0.1, 0.15) is 5.82 Å². The molecule has 4 aromatic rings. The van der Waals surface area contributed by atoms with Gasteiger partial charge in [-0.15, -0.1) is 5.92 Å². The summed E-state index contributed by atoms with van der Waals surface area (Å²) in [6, 6.07) is 7.58. The van der Waals surface area contributed by atoms with Crippen molar-refractivity contribution in [3.63, 3.8) is 0 Å². The first-order chi connectivity index (χ1) is 20.1. The first-order valence-corrected chi connectivity index (χ1v) is 13.7. The molecule has 9 nitrogen and oxygen atoms in total. The molecule has 2 aromatic carbocycles. The van der Waals surface area contributed by atoms with Gasteiger partial charge in [-0.2, -0.15) is 4.98 Å². The Morgan fingerprint density at radius 3 is 2.45 bits per heavy atom. The number of hydrogen-bond acceptors (Lipinski definition) is 5. The van der Waals surface area contributed by atoms with E-state index in [0.29, 0.717) is 37.2 Å². The number of rotatable bonds is 5. The Hall–Kier alpha value is -4.28. The molecule has 0 saturated carbocycles. The lowest BCUT2D eigenvalue weighted by Gasteiger charge is -2.36. The van der Waals surface area contributed by atoms with E-state index in [1.54, 1.807) is 17.6 Å². The Bertz CT molecular complexity index is 1860. The van der Waals surface area contributed by atoms with Gasteiger partial charge in [-0.3, -0.25) is 18.5 Å². The van der Waals surface area contributed by atoms with Crippen LogP contribution in [0.3, 0.4) is 0 Å². The molecule has 218 valence electrons. The summed E-state index contributed by atoms with van der Waals surface area (Å²) in [6.45, 7) is 3.37. The second-order valence-electron chi connectivity index (χ2n) is 9.58. The molecule has 0 bridgehead atoms. The molecule has 0 radical (unpaired) electrons. The predicted octanol–water partition coefficient (Wildman–Crippen LogP) is 3.56. The Morgan fingerprint density at radius 2 is 1.79 bits per heavy atom. The van der Waals surface area contributed by atoms with Crippen molar-refractivity contribution >= 4 is 51.7 Å². The molecule has 1 saturated heterocycles. The number of halogens is 4. The van der Waals surface area contributed by atoms with Crippen molar-refractivity contribution in [3.05, 3.63) is 85.3 Å². The summed E-state index contributed by atoms with van der Waals surface area (Å²) < 4.78 is 45.4. The van der Waals surface area contributed by atoms with Gasteiger partial charge in [0.15, 0.2) is 27.9 Å². The molecule has 2 aromatic heterocycles. The lowest BCUT2D eigenvalue weighted by molar-refractivity contribution is 0.386. The number of hydrogen-bond donors (Lipinski definition) is 1. The fraction of sp³-hybridized carbons (Fsp3) is 0.286. The summed E-state index contributed by atoms with van der Waals surface area (Å²) in [7, 11) is 1.49. The van der Waals surface area contributed by atoms with Crippen LogP contribution in [0.2, 0.25) is 5.02 Å². The van der Waals surface area contributed by atoms with Gasteiger partial charge in [-0.05, 0) is 49.0 Å². The Balaban J connectivity index is 1.46. The number of anilines is 2. The SMILES string of the molecule is CC#CCn1c(N2CCN(C(=S)Nc3c(F)cccc3Cl)CC2)nc2c1c(=O)n(Cc1ccc(F)c(F)c1)c(=O)n2C. The number of piperazine rings is 1. The Kier molecular flexibility index (Phi) is 8.29. The van der Waals surface area contributed by atoms with E-state index in [9.17, 15) is 22.8 Å². The molecule has 14 heteroatoms. The number of imidazole rings is 1. The lowest BCUT2D eigenvalue weighted by Crippen LogP contribution is -2.50. The van der Waals surface area contributed by atoms with Crippen LogP contribution in [0, 0.1) is 29.3 Å². The van der Waals surface area contributed by atoms with Gasteiger partial charge in [0.2, 0.25) is 5.95 Å². The standard InChI is InChI=1S/C28H25ClF3N7O2S/c1-3-4-10-38-23-24(35(2)28(41)39(25(23)40)16-17-8-9-19(30)21(32)15-17)34-26(38)36-11-13-37(14-12-36)27(42)33-22-18(29)6-5-7-20(22)31/h5-9,15H,10-14,16H2,1-2H3,(H,33,42). The second-order valence-corrected chi connectivity index (χ2v) is 10.4. The van der Waals surface area contributed by atoms with Crippen molar-refractivity contribution in [2.24, 2.45) is 7.05 Å². The second kappa shape index (κ2) is 11.9. The molecule has 0 spiro atoms. The highest BCUT2D eigenvalue weighted by Crippen LogP contribution is 2.26. The zero-order valence-electron chi connectivity index (χ0n) is 22.6. The van der Waals surface area contributed by atoms with E-state index in [2.05, 4.69) is 22.1 Å². The van der Waals surface area contributed by atoms with E-state index in [1.165, 1.54) is 29.8 Å². The van der Waals surface area contributed by atoms with E-state index < -0.39 is 28.7 Å². The molecule has 1 N–H and O–H groups in total. The van der Waals surface area contributed by atoms with Gasteiger partial charge in [0, 0.05) is 33.2 Å². The van der Waals surface area contributed by atoms with Crippen molar-refractivity contribution in [1.82, 2.24) is 23.6 Å². The normalized spacial score (nSPS) is 13.3. The number of nitrogens with zero attached hydrogens (tertiary/aromatic N) is 6. The molecule has 0 aliphatic carbocycles. The van der Waals surface area contributed by atoms with Crippen LogP contribution in [-0.4, -0.2) is 54.9 Å². The number of aryl methyl sites for hydroxylation is 1. The van der Waals surface area contributed by atoms with Crippen LogP contribution in [-0.2, 0) is 20.1 Å². The van der Waals surface area contributed by atoms with E-state index in [1.807, 2.05) is 9.80 Å². The molecule has 42 heavy (non-hydrogen) atoms. The van der Waals surface area contributed by atoms with E-state index >= 15 is 0 Å². The zero-order chi connectivity index (χ0) is 30.1. The average Bonchev–Trinajstić information content (AvgIpc) is 3.36. The van der Waals surface area contributed by atoms with Crippen LogP contribution in [0.5, 0.6) is 0 Å². The van der Waals surface area contributed by atoms with Crippen molar-refractivity contribution in [3.8, 4) is 11.8 Å². The van der Waals surface area contributed by atoms with Crippen LogP contribution in [0.4, 0.5) is 24.8 Å². The van der Waals surface area contributed by atoms with Gasteiger partial charge >= 0.3 is 5.69 Å². The van der Waals surface area contributed by atoms with Crippen molar-refractivity contribution in [2.75, 3.05) is 36.4 Å². The number of thiocarbonyl (C=S) groups is 1. The molecular weight excluding hydrogens is 591 g/mol. The fourth-order valence-electron chi connectivity index (χ4n) is 4.78. The quantitative estimate of drug-likeness (QED) is 0.272. The third kappa shape index (κ3) is 5.47. The van der Waals surface area contributed by atoms with Gasteiger partial charge in [0.05, 0.1) is 23.8 Å². The third-order valence-corrected chi connectivity index (χ3v) is 7.67. The number of fused-ring (bicyclic) bond motifs is 1. The minimum Gasteiger partial charge on any atom is -0.345 e. The number of nitrogens with one attached hydrogen (secondary N) is 1. The number of aromatic nitrogens is 4. The highest BCUT2D eigenvalue weighted by molar-refractivity contribution is 7.80. The van der Waals surface area contributed by atoms with Crippen LogP contribution < -0.4 is 21.5 Å². The minimum absolute atomic E-state index is 0.104. The maximum absolute atomic E-state index is 14.2. The molecule has 0 amide bonds. The Labute approximate surface area is 248 Å². The fourth-order valence-corrected chi connectivity index (χ4v) is 5.28. The number of benzene rings is 2. The van der Waals surface area contributed by atoms with Crippen molar-refractivity contribution in [1.29, 1.82) is 0 Å². The van der Waals surface area contributed by atoms with Gasteiger partial charge in [0.25, 0.3) is 5.56 Å².